The number of carbonyl (C=O) groups is 1. The van der Waals surface area contributed by atoms with Crippen LogP contribution < -0.4 is 0 Å². The van der Waals surface area contributed by atoms with E-state index in [-0.39, 0.29) is 29.6 Å². The minimum Gasteiger partial charge on any atom is -0.393 e. The highest BCUT2D eigenvalue weighted by atomic mass is 16.3. The van der Waals surface area contributed by atoms with E-state index in [0.29, 0.717) is 17.3 Å². The van der Waals surface area contributed by atoms with Crippen LogP contribution in [-0.2, 0) is 4.79 Å². The highest BCUT2D eigenvalue weighted by Gasteiger charge is 2.55. The minimum absolute atomic E-state index is 0.00742. The van der Waals surface area contributed by atoms with Crippen molar-refractivity contribution in [2.24, 2.45) is 35.0 Å². The summed E-state index contributed by atoms with van der Waals surface area (Å²) in [7, 11) is 0. The summed E-state index contributed by atoms with van der Waals surface area (Å²) in [6.45, 7) is 8.83. The summed E-state index contributed by atoms with van der Waals surface area (Å²) in [6.07, 6.45) is 8.80. The molecule has 2 nitrogen and oxygen atoms in total. The quantitative estimate of drug-likeness (QED) is 0.689. The van der Waals surface area contributed by atoms with E-state index in [1.165, 1.54) is 5.57 Å². The number of hydrogen-bond donors (Lipinski definition) is 1. The summed E-state index contributed by atoms with van der Waals surface area (Å²) in [5.41, 5.74) is 1.67. The Morgan fingerprint density at radius 3 is 2.76 bits per heavy atom. The Morgan fingerprint density at radius 1 is 1.33 bits per heavy atom. The zero-order chi connectivity index (χ0) is 15.4. The van der Waals surface area contributed by atoms with E-state index in [0.717, 1.165) is 19.3 Å². The van der Waals surface area contributed by atoms with Crippen LogP contribution in [0.5, 0.6) is 0 Å². The fraction of sp³-hybridized carbons (Fsp3) is 0.737. The second-order valence-electron chi connectivity index (χ2n) is 8.18. The smallest absolute Gasteiger partial charge is 0.158 e. The van der Waals surface area contributed by atoms with Crippen molar-refractivity contribution in [1.29, 1.82) is 0 Å². The van der Waals surface area contributed by atoms with Crippen LogP contribution in [0.25, 0.3) is 0 Å². The summed E-state index contributed by atoms with van der Waals surface area (Å²) < 4.78 is 0. The lowest BCUT2D eigenvalue weighted by atomic mass is 9.85. The van der Waals surface area contributed by atoms with Crippen molar-refractivity contribution in [2.75, 3.05) is 0 Å². The zero-order valence-electron chi connectivity index (χ0n) is 13.7. The molecule has 2 heteroatoms. The van der Waals surface area contributed by atoms with Crippen LogP contribution in [-0.4, -0.2) is 17.0 Å². The maximum Gasteiger partial charge on any atom is 0.158 e. The third-order valence-electron chi connectivity index (χ3n) is 6.41. The Hall–Kier alpha value is -0.890. The lowest BCUT2D eigenvalue weighted by Gasteiger charge is -2.21. The molecule has 0 aromatic rings. The largest absolute Gasteiger partial charge is 0.393 e. The summed E-state index contributed by atoms with van der Waals surface area (Å²) in [5.74, 6) is 1.78. The number of fused-ring (bicyclic) bond motifs is 2. The molecule has 3 rings (SSSR count). The van der Waals surface area contributed by atoms with E-state index in [9.17, 15) is 9.90 Å². The van der Waals surface area contributed by atoms with E-state index in [4.69, 9.17) is 0 Å². The highest BCUT2D eigenvalue weighted by molar-refractivity contribution is 5.92. The Kier molecular flexibility index (Phi) is 3.64. The number of aliphatic hydroxyl groups is 1. The second-order valence-corrected chi connectivity index (χ2v) is 8.18. The second kappa shape index (κ2) is 5.08. The van der Waals surface area contributed by atoms with Gasteiger partial charge in [-0.25, -0.2) is 0 Å². The van der Waals surface area contributed by atoms with Gasteiger partial charge in [0, 0.05) is 5.92 Å². The van der Waals surface area contributed by atoms with Crippen LogP contribution in [0.15, 0.2) is 23.8 Å². The van der Waals surface area contributed by atoms with E-state index in [1.54, 1.807) is 0 Å². The lowest BCUT2D eigenvalue weighted by molar-refractivity contribution is -0.119. The molecule has 116 valence electrons. The van der Waals surface area contributed by atoms with Crippen molar-refractivity contribution < 1.29 is 9.90 Å². The number of hydrogen-bond acceptors (Lipinski definition) is 2. The minimum atomic E-state index is -0.331. The van der Waals surface area contributed by atoms with Gasteiger partial charge in [-0.1, -0.05) is 38.5 Å². The Labute approximate surface area is 128 Å². The van der Waals surface area contributed by atoms with Gasteiger partial charge in [-0.05, 0) is 61.3 Å². The van der Waals surface area contributed by atoms with E-state index in [2.05, 4.69) is 39.8 Å². The van der Waals surface area contributed by atoms with Gasteiger partial charge in [-0.3, -0.25) is 4.79 Å². The molecule has 0 amide bonds. The number of carbonyl (C=O) groups excluding carboxylic acids is 1. The first kappa shape index (κ1) is 15.0. The lowest BCUT2D eigenvalue weighted by Crippen LogP contribution is -2.25. The van der Waals surface area contributed by atoms with Gasteiger partial charge in [-0.15, -0.1) is 0 Å². The molecule has 0 aromatic heterocycles. The molecule has 0 heterocycles. The molecular weight excluding hydrogens is 260 g/mol. The van der Waals surface area contributed by atoms with Crippen molar-refractivity contribution in [3.63, 3.8) is 0 Å². The predicted molar refractivity (Wildman–Crippen MR) is 84.7 cm³/mol. The molecule has 0 spiro atoms. The molecule has 3 aliphatic rings. The van der Waals surface area contributed by atoms with Crippen LogP contribution in [0.2, 0.25) is 0 Å². The third-order valence-corrected chi connectivity index (χ3v) is 6.41. The first-order valence-electron chi connectivity index (χ1n) is 8.38. The van der Waals surface area contributed by atoms with Gasteiger partial charge in [0.05, 0.1) is 6.10 Å². The van der Waals surface area contributed by atoms with E-state index < -0.39 is 0 Å². The molecule has 0 radical (unpaired) electrons. The Balaban J connectivity index is 1.88. The van der Waals surface area contributed by atoms with Gasteiger partial charge >= 0.3 is 0 Å². The van der Waals surface area contributed by atoms with Crippen molar-refractivity contribution in [3.05, 3.63) is 23.8 Å². The molecule has 0 unspecified atom stereocenters. The van der Waals surface area contributed by atoms with Crippen LogP contribution in [0, 0.1) is 35.0 Å². The molecule has 0 saturated heterocycles. The van der Waals surface area contributed by atoms with Gasteiger partial charge < -0.3 is 5.11 Å². The monoisotopic (exact) mass is 288 g/mol. The van der Waals surface area contributed by atoms with Gasteiger partial charge in [0.25, 0.3) is 0 Å². The van der Waals surface area contributed by atoms with Gasteiger partial charge in [0.1, 0.15) is 0 Å². The van der Waals surface area contributed by atoms with E-state index in [1.807, 2.05) is 6.08 Å². The maximum absolute atomic E-state index is 12.6. The number of ketones is 1. The third kappa shape index (κ3) is 2.52. The Morgan fingerprint density at radius 2 is 2.05 bits per heavy atom. The van der Waals surface area contributed by atoms with Gasteiger partial charge in [0.2, 0.25) is 0 Å². The summed E-state index contributed by atoms with van der Waals surface area (Å²) >= 11 is 0. The normalized spacial score (nSPS) is 45.4. The molecule has 6 atom stereocenters. The first-order valence-corrected chi connectivity index (χ1v) is 8.38. The van der Waals surface area contributed by atoms with Crippen molar-refractivity contribution in [3.8, 4) is 0 Å². The SMILES string of the molecule is CC1=CC[C@H]2[C@@H](C=CC(=O)[C@@H]3C[C@H](C)[C@H](O)[C@@H]3C1)C2(C)C. The summed E-state index contributed by atoms with van der Waals surface area (Å²) in [5, 5.41) is 10.4. The molecule has 2 saturated carbocycles. The fourth-order valence-corrected chi connectivity index (χ4v) is 4.69. The predicted octanol–water partition coefficient (Wildman–Crippen LogP) is 3.76. The van der Waals surface area contributed by atoms with Crippen molar-refractivity contribution >= 4 is 5.78 Å². The molecule has 0 aromatic carbocycles. The van der Waals surface area contributed by atoms with Gasteiger partial charge in [-0.2, -0.15) is 0 Å². The van der Waals surface area contributed by atoms with Crippen LogP contribution in [0.1, 0.15) is 47.0 Å². The zero-order valence-corrected chi connectivity index (χ0v) is 13.7. The molecule has 0 aliphatic heterocycles. The molecular formula is C19H28O2. The van der Waals surface area contributed by atoms with Gasteiger partial charge in [0.15, 0.2) is 5.78 Å². The van der Waals surface area contributed by atoms with Crippen molar-refractivity contribution in [1.82, 2.24) is 0 Å². The number of allylic oxidation sites excluding steroid dienone is 4. The van der Waals surface area contributed by atoms with E-state index >= 15 is 0 Å². The topological polar surface area (TPSA) is 37.3 Å². The molecule has 2 fully saturated rings. The molecule has 1 N–H and O–H groups in total. The fourth-order valence-electron chi connectivity index (χ4n) is 4.69. The van der Waals surface area contributed by atoms with Crippen LogP contribution in [0.3, 0.4) is 0 Å². The molecule has 0 bridgehead atoms. The van der Waals surface area contributed by atoms with Crippen LogP contribution >= 0.6 is 0 Å². The maximum atomic E-state index is 12.6. The standard InChI is InChI=1S/C19H28O2/c1-11-5-6-15-16(19(15,3)4)7-8-17(20)13-10-12(2)18(21)14(13)9-11/h5,7-8,12-16,18,21H,6,9-10H2,1-4H3/t12-,13+,14+,15-,16+,18-/m0/s1. The number of aliphatic hydroxyl groups excluding tert-OH is 1. The average molecular weight is 288 g/mol. The number of rotatable bonds is 0. The highest BCUT2D eigenvalue weighted by Crippen LogP contribution is 2.61. The first-order chi connectivity index (χ1) is 9.82. The summed E-state index contributed by atoms with van der Waals surface area (Å²) in [6, 6.07) is 0. The Bertz CT molecular complexity index is 500. The summed E-state index contributed by atoms with van der Waals surface area (Å²) in [4.78, 5) is 12.6. The molecule has 3 aliphatic carbocycles. The van der Waals surface area contributed by atoms with Crippen LogP contribution in [0.4, 0.5) is 0 Å². The van der Waals surface area contributed by atoms with Crippen molar-refractivity contribution in [2.45, 2.75) is 53.1 Å². The molecule has 21 heavy (non-hydrogen) atoms. The average Bonchev–Trinajstić information content (AvgIpc) is 2.83.